The van der Waals surface area contributed by atoms with E-state index in [9.17, 15) is 4.79 Å². The summed E-state index contributed by atoms with van der Waals surface area (Å²) in [5, 5.41) is 1.54. The van der Waals surface area contributed by atoms with Crippen molar-refractivity contribution < 1.29 is 19.1 Å². The van der Waals surface area contributed by atoms with Gasteiger partial charge in [0.25, 0.3) is 0 Å². The predicted octanol–water partition coefficient (Wildman–Crippen LogP) is 0.171. The Kier molecular flexibility index (Phi) is 5.07. The number of methoxy groups -OCH3 is 1. The van der Waals surface area contributed by atoms with Crippen molar-refractivity contribution >= 4 is 11.8 Å². The molecule has 1 aromatic rings. The van der Waals surface area contributed by atoms with Gasteiger partial charge in [-0.3, -0.25) is 0 Å². The number of hydrogen-bond acceptors (Lipinski definition) is 8. The summed E-state index contributed by atoms with van der Waals surface area (Å²) >= 11 is 0. The van der Waals surface area contributed by atoms with E-state index in [-0.39, 0.29) is 24.6 Å². The average molecular weight is 294 g/mol. The summed E-state index contributed by atoms with van der Waals surface area (Å²) in [6.07, 6.45) is 4.57. The predicted molar refractivity (Wildman–Crippen MR) is 74.1 cm³/mol. The minimum absolute atomic E-state index is 0.103. The molecule has 0 aliphatic carbocycles. The molecule has 114 valence electrons. The van der Waals surface area contributed by atoms with Crippen LogP contribution in [0.4, 0.5) is 5.82 Å². The van der Waals surface area contributed by atoms with Crippen LogP contribution in [0, 0.1) is 0 Å². The molecule has 1 aromatic heterocycles. The van der Waals surface area contributed by atoms with E-state index >= 15 is 0 Å². The molecule has 0 radical (unpaired) electrons. The van der Waals surface area contributed by atoms with Crippen LogP contribution in [-0.2, 0) is 14.4 Å². The van der Waals surface area contributed by atoms with E-state index in [1.165, 1.54) is 17.6 Å². The molecule has 0 amide bonds. The van der Waals surface area contributed by atoms with Crippen molar-refractivity contribution in [1.29, 1.82) is 0 Å². The molecule has 0 spiro atoms. The second kappa shape index (κ2) is 7.00. The van der Waals surface area contributed by atoms with E-state index < -0.39 is 5.97 Å². The lowest BCUT2D eigenvalue weighted by atomic mass is 10.2. The zero-order valence-electron chi connectivity index (χ0n) is 11.8. The first-order valence-corrected chi connectivity index (χ1v) is 6.47. The molecule has 21 heavy (non-hydrogen) atoms. The number of aromatic nitrogens is 2. The van der Waals surface area contributed by atoms with Gasteiger partial charge in [-0.25, -0.2) is 14.8 Å². The maximum atomic E-state index is 11.3. The lowest BCUT2D eigenvalue weighted by molar-refractivity contribution is -0.194. The number of carbonyl (C=O) groups excluding carboxylic acids is 1. The Morgan fingerprint density at radius 2 is 2.48 bits per heavy atom. The van der Waals surface area contributed by atoms with Crippen LogP contribution in [0.5, 0.6) is 5.75 Å². The third-order valence-corrected chi connectivity index (χ3v) is 3.23. The van der Waals surface area contributed by atoms with E-state index in [1.807, 2.05) is 0 Å². The Hall–Kier alpha value is -2.19. The van der Waals surface area contributed by atoms with Gasteiger partial charge in [-0.05, 0) is 6.42 Å². The van der Waals surface area contributed by atoms with Crippen LogP contribution in [0.2, 0.25) is 0 Å². The number of hydroxylamine groups is 2. The van der Waals surface area contributed by atoms with Crippen LogP contribution in [0.1, 0.15) is 6.42 Å². The van der Waals surface area contributed by atoms with Gasteiger partial charge in [0, 0.05) is 19.7 Å². The van der Waals surface area contributed by atoms with Gasteiger partial charge in [-0.1, -0.05) is 6.58 Å². The molecular weight excluding hydrogens is 276 g/mol. The number of ether oxygens (including phenoxy) is 2. The normalized spacial score (nSPS) is 22.0. The molecule has 1 saturated heterocycles. The van der Waals surface area contributed by atoms with Gasteiger partial charge in [-0.2, -0.15) is 0 Å². The second-order valence-corrected chi connectivity index (χ2v) is 4.47. The Morgan fingerprint density at radius 1 is 1.67 bits per heavy atom. The van der Waals surface area contributed by atoms with E-state index in [4.69, 9.17) is 20.0 Å². The summed E-state index contributed by atoms with van der Waals surface area (Å²) in [4.78, 5) is 24.2. The number of carbonyl (C=O) groups is 1. The largest absolute Gasteiger partial charge is 0.486 e. The van der Waals surface area contributed by atoms with Crippen LogP contribution in [0.15, 0.2) is 25.2 Å². The summed E-state index contributed by atoms with van der Waals surface area (Å²) in [5.41, 5.74) is 5.69. The molecule has 1 aliphatic rings. The summed E-state index contributed by atoms with van der Waals surface area (Å²) in [6, 6.07) is -0.237. The number of anilines is 1. The summed E-state index contributed by atoms with van der Waals surface area (Å²) in [5.74, 6) is 0.125. The summed E-state index contributed by atoms with van der Waals surface area (Å²) in [6.45, 7) is 4.17. The molecule has 0 aromatic carbocycles. The highest BCUT2D eigenvalue weighted by atomic mass is 16.7. The monoisotopic (exact) mass is 294 g/mol. The fourth-order valence-corrected chi connectivity index (χ4v) is 2.14. The van der Waals surface area contributed by atoms with Crippen molar-refractivity contribution in [2.24, 2.45) is 0 Å². The molecule has 8 nitrogen and oxygen atoms in total. The number of nitrogen functional groups attached to an aromatic ring is 1. The van der Waals surface area contributed by atoms with E-state index in [0.717, 1.165) is 12.5 Å². The van der Waals surface area contributed by atoms with Crippen LogP contribution in [-0.4, -0.2) is 53.4 Å². The zero-order valence-corrected chi connectivity index (χ0v) is 11.8. The molecule has 8 heteroatoms. The van der Waals surface area contributed by atoms with Gasteiger partial charge < -0.3 is 20.0 Å². The second-order valence-electron chi connectivity index (χ2n) is 4.47. The van der Waals surface area contributed by atoms with Crippen molar-refractivity contribution in [2.75, 3.05) is 26.0 Å². The molecule has 0 bridgehead atoms. The third-order valence-electron chi connectivity index (χ3n) is 3.23. The summed E-state index contributed by atoms with van der Waals surface area (Å²) in [7, 11) is 1.61. The van der Waals surface area contributed by atoms with Crippen LogP contribution < -0.4 is 10.5 Å². The maximum Gasteiger partial charge on any atom is 0.349 e. The highest BCUT2D eigenvalue weighted by Crippen LogP contribution is 2.23. The first-order chi connectivity index (χ1) is 10.2. The molecule has 1 aliphatic heterocycles. The van der Waals surface area contributed by atoms with Crippen molar-refractivity contribution in [1.82, 2.24) is 15.0 Å². The van der Waals surface area contributed by atoms with E-state index in [2.05, 4.69) is 16.5 Å². The fraction of sp³-hybridized carbons (Fsp3) is 0.462. The van der Waals surface area contributed by atoms with Crippen molar-refractivity contribution in [2.45, 2.75) is 18.6 Å². The molecule has 0 unspecified atom stereocenters. The topological polar surface area (TPSA) is 99.8 Å². The molecule has 0 saturated carbocycles. The third kappa shape index (κ3) is 3.67. The molecule has 1 fully saturated rings. The highest BCUT2D eigenvalue weighted by Gasteiger charge is 2.37. The maximum absolute atomic E-state index is 11.3. The minimum atomic E-state index is -0.515. The van der Waals surface area contributed by atoms with Gasteiger partial charge in [0.15, 0.2) is 11.6 Å². The van der Waals surface area contributed by atoms with E-state index in [1.54, 1.807) is 7.11 Å². The molecule has 2 atom stereocenters. The lowest BCUT2D eigenvalue weighted by Crippen LogP contribution is -2.41. The van der Waals surface area contributed by atoms with E-state index in [0.29, 0.717) is 12.3 Å². The van der Waals surface area contributed by atoms with Crippen LogP contribution in [0.25, 0.3) is 0 Å². The average Bonchev–Trinajstić information content (AvgIpc) is 2.88. The van der Waals surface area contributed by atoms with Crippen molar-refractivity contribution in [3.8, 4) is 5.75 Å². The molecule has 2 N–H and O–H groups in total. The van der Waals surface area contributed by atoms with Gasteiger partial charge >= 0.3 is 5.97 Å². The van der Waals surface area contributed by atoms with Crippen molar-refractivity contribution in [3.05, 3.63) is 25.2 Å². The number of hydrogen-bond donors (Lipinski definition) is 1. The molecule has 2 rings (SSSR count). The first-order valence-electron chi connectivity index (χ1n) is 6.47. The smallest absolute Gasteiger partial charge is 0.349 e. The number of nitrogens with zero attached hydrogens (tertiary/aromatic N) is 3. The lowest BCUT2D eigenvalue weighted by Gasteiger charge is -2.25. The Morgan fingerprint density at radius 3 is 3.14 bits per heavy atom. The number of rotatable bonds is 6. The standard InChI is InChI=1S/C13H18N4O4/c1-3-12(18)21-17-5-4-10(19-2)9(17)7-20-11-6-15-8-16-13(11)14/h3,6,8-10H,1,4-5,7H2,2H3,(H2,14,15,16)/t9-,10+/m1/s1. The number of nitrogens with two attached hydrogens (primary N) is 1. The Bertz CT molecular complexity index is 511. The minimum Gasteiger partial charge on any atom is -0.486 e. The zero-order chi connectivity index (χ0) is 15.2. The van der Waals surface area contributed by atoms with Crippen LogP contribution >= 0.6 is 0 Å². The van der Waals surface area contributed by atoms with Gasteiger partial charge in [0.05, 0.1) is 12.3 Å². The molecular formula is C13H18N4O4. The first kappa shape index (κ1) is 15.2. The quantitative estimate of drug-likeness (QED) is 0.741. The Balaban J connectivity index is 2.01. The summed E-state index contributed by atoms with van der Waals surface area (Å²) < 4.78 is 11.0. The van der Waals surface area contributed by atoms with Crippen LogP contribution in [0.3, 0.4) is 0 Å². The van der Waals surface area contributed by atoms with Crippen molar-refractivity contribution in [3.63, 3.8) is 0 Å². The SMILES string of the molecule is C=CC(=O)ON1CC[C@H](OC)[C@H]1COc1cncnc1N. The molecule has 2 heterocycles. The highest BCUT2D eigenvalue weighted by molar-refractivity contribution is 5.80. The van der Waals surface area contributed by atoms with Gasteiger partial charge in [0.2, 0.25) is 0 Å². The van der Waals surface area contributed by atoms with Gasteiger partial charge in [0.1, 0.15) is 19.0 Å². The van der Waals surface area contributed by atoms with Gasteiger partial charge in [-0.15, -0.1) is 5.06 Å². The fourth-order valence-electron chi connectivity index (χ4n) is 2.14. The Labute approximate surface area is 122 Å².